The molecule has 0 bridgehead atoms. The summed E-state index contributed by atoms with van der Waals surface area (Å²) in [6, 6.07) is 8.67. The summed E-state index contributed by atoms with van der Waals surface area (Å²) < 4.78 is 4.92. The van der Waals surface area contributed by atoms with Crippen molar-refractivity contribution in [2.24, 2.45) is 0 Å². The molecule has 1 rings (SSSR count). The second-order valence-corrected chi connectivity index (χ2v) is 2.97. The van der Waals surface area contributed by atoms with Crippen LogP contribution in [0.2, 0.25) is 0 Å². The highest BCUT2D eigenvalue weighted by Gasteiger charge is 2.16. The minimum absolute atomic E-state index is 0.228. The maximum atomic E-state index is 11.1. The summed E-state index contributed by atoms with van der Waals surface area (Å²) in [5.41, 5.74) is 4.37. The first kappa shape index (κ1) is 10.7. The monoisotopic (exact) mass is 196 g/mol. The summed E-state index contributed by atoms with van der Waals surface area (Å²) in [6.07, 6.45) is 0. The van der Waals surface area contributed by atoms with Gasteiger partial charge < -0.3 is 15.6 Å². The van der Waals surface area contributed by atoms with E-state index in [0.717, 1.165) is 5.56 Å². The Morgan fingerprint density at radius 2 is 2.07 bits per heavy atom. The SMILES string of the molecule is [NH3+][C@H](CO)C(=O)OCc1ccccc1. The van der Waals surface area contributed by atoms with Crippen LogP contribution in [0, 0.1) is 0 Å². The Labute approximate surface area is 82.3 Å². The lowest BCUT2D eigenvalue weighted by atomic mass is 10.2. The van der Waals surface area contributed by atoms with Crippen LogP contribution >= 0.6 is 0 Å². The van der Waals surface area contributed by atoms with Crippen LogP contribution in [-0.4, -0.2) is 23.7 Å². The number of carbonyl (C=O) groups is 1. The molecule has 0 aliphatic carbocycles. The molecule has 76 valence electrons. The highest BCUT2D eigenvalue weighted by atomic mass is 16.5. The smallest absolute Gasteiger partial charge is 0.367 e. The maximum absolute atomic E-state index is 11.1. The quantitative estimate of drug-likeness (QED) is 0.627. The van der Waals surface area contributed by atoms with Crippen LogP contribution < -0.4 is 5.73 Å². The second-order valence-electron chi connectivity index (χ2n) is 2.97. The molecule has 0 unspecified atom stereocenters. The highest BCUT2D eigenvalue weighted by Crippen LogP contribution is 2.00. The summed E-state index contributed by atoms with van der Waals surface area (Å²) in [4.78, 5) is 11.1. The van der Waals surface area contributed by atoms with Crippen molar-refractivity contribution in [3.05, 3.63) is 35.9 Å². The van der Waals surface area contributed by atoms with E-state index in [1.54, 1.807) is 0 Å². The van der Waals surface area contributed by atoms with Gasteiger partial charge in [-0.15, -0.1) is 0 Å². The fourth-order valence-corrected chi connectivity index (χ4v) is 0.921. The van der Waals surface area contributed by atoms with Gasteiger partial charge in [0.1, 0.15) is 13.2 Å². The molecule has 0 aliphatic heterocycles. The number of hydrogen-bond donors (Lipinski definition) is 2. The van der Waals surface area contributed by atoms with Crippen LogP contribution in [0.3, 0.4) is 0 Å². The molecule has 14 heavy (non-hydrogen) atoms. The molecule has 0 saturated heterocycles. The molecule has 4 heteroatoms. The van der Waals surface area contributed by atoms with Crippen LogP contribution in [0.5, 0.6) is 0 Å². The van der Waals surface area contributed by atoms with Gasteiger partial charge in [0.2, 0.25) is 6.04 Å². The third-order valence-electron chi connectivity index (χ3n) is 1.78. The van der Waals surface area contributed by atoms with Crippen molar-refractivity contribution in [2.75, 3.05) is 6.61 Å². The molecule has 0 radical (unpaired) electrons. The van der Waals surface area contributed by atoms with Gasteiger partial charge in [-0.1, -0.05) is 30.3 Å². The minimum atomic E-state index is -0.696. The molecule has 0 saturated carbocycles. The molecule has 0 fully saturated rings. The average Bonchev–Trinajstić information content (AvgIpc) is 2.26. The van der Waals surface area contributed by atoms with Crippen LogP contribution in [0.15, 0.2) is 30.3 Å². The van der Waals surface area contributed by atoms with E-state index in [1.807, 2.05) is 30.3 Å². The zero-order chi connectivity index (χ0) is 10.4. The number of aliphatic hydroxyl groups is 1. The Morgan fingerprint density at radius 1 is 1.43 bits per heavy atom. The van der Waals surface area contributed by atoms with E-state index < -0.39 is 12.0 Å². The minimum Gasteiger partial charge on any atom is -0.456 e. The van der Waals surface area contributed by atoms with E-state index in [9.17, 15) is 4.79 Å². The van der Waals surface area contributed by atoms with Crippen molar-refractivity contribution in [2.45, 2.75) is 12.6 Å². The van der Waals surface area contributed by atoms with Gasteiger partial charge in [-0.2, -0.15) is 0 Å². The molecule has 0 spiro atoms. The summed E-state index contributed by atoms with van der Waals surface area (Å²) in [5, 5.41) is 8.64. The maximum Gasteiger partial charge on any atom is 0.367 e. The molecular weight excluding hydrogens is 182 g/mol. The molecule has 1 aromatic rings. The number of carbonyl (C=O) groups excluding carboxylic acids is 1. The molecule has 1 atom stereocenters. The zero-order valence-electron chi connectivity index (χ0n) is 7.85. The lowest BCUT2D eigenvalue weighted by Gasteiger charge is -2.06. The number of quaternary nitrogens is 1. The lowest BCUT2D eigenvalue weighted by Crippen LogP contribution is -2.67. The first-order valence-electron chi connectivity index (χ1n) is 4.38. The first-order chi connectivity index (χ1) is 6.74. The standard InChI is InChI=1S/C10H13NO3/c11-9(6-12)10(13)14-7-8-4-2-1-3-5-8/h1-5,9,12H,6-7,11H2/p+1/t9-/m1/s1. The Kier molecular flexibility index (Phi) is 4.10. The topological polar surface area (TPSA) is 74.2 Å². The van der Waals surface area contributed by atoms with Gasteiger partial charge in [-0.05, 0) is 5.56 Å². The van der Waals surface area contributed by atoms with Gasteiger partial charge in [0.05, 0.1) is 0 Å². The van der Waals surface area contributed by atoms with Crippen molar-refractivity contribution in [3.8, 4) is 0 Å². The van der Waals surface area contributed by atoms with Gasteiger partial charge in [0, 0.05) is 0 Å². The highest BCUT2D eigenvalue weighted by molar-refractivity contribution is 5.74. The predicted octanol–water partition coefficient (Wildman–Crippen LogP) is -0.667. The van der Waals surface area contributed by atoms with Crippen molar-refractivity contribution < 1.29 is 20.4 Å². The molecule has 0 amide bonds. The van der Waals surface area contributed by atoms with Gasteiger partial charge >= 0.3 is 5.97 Å². The van der Waals surface area contributed by atoms with Gasteiger partial charge in [0.25, 0.3) is 0 Å². The van der Waals surface area contributed by atoms with Gasteiger partial charge in [0.15, 0.2) is 0 Å². The van der Waals surface area contributed by atoms with Crippen molar-refractivity contribution >= 4 is 5.97 Å². The normalized spacial score (nSPS) is 12.1. The molecule has 4 nitrogen and oxygen atoms in total. The fourth-order valence-electron chi connectivity index (χ4n) is 0.921. The molecule has 1 aromatic carbocycles. The molecular formula is C10H14NO3+. The summed E-state index contributed by atoms with van der Waals surface area (Å²) in [7, 11) is 0. The summed E-state index contributed by atoms with van der Waals surface area (Å²) in [5.74, 6) is -0.476. The van der Waals surface area contributed by atoms with E-state index in [2.05, 4.69) is 5.73 Å². The lowest BCUT2D eigenvalue weighted by molar-refractivity contribution is -0.413. The van der Waals surface area contributed by atoms with Crippen molar-refractivity contribution in [3.63, 3.8) is 0 Å². The molecule has 4 N–H and O–H groups in total. The Bertz CT molecular complexity index is 287. The molecule has 0 aromatic heterocycles. The third-order valence-corrected chi connectivity index (χ3v) is 1.78. The third kappa shape index (κ3) is 3.16. The first-order valence-corrected chi connectivity index (χ1v) is 4.38. The number of esters is 1. The van der Waals surface area contributed by atoms with Crippen LogP contribution in [-0.2, 0) is 16.1 Å². The molecule has 0 aliphatic rings. The fraction of sp³-hybridized carbons (Fsp3) is 0.300. The Hall–Kier alpha value is -1.39. The number of rotatable bonds is 4. The number of aliphatic hydroxyl groups excluding tert-OH is 1. The van der Waals surface area contributed by atoms with Crippen molar-refractivity contribution in [1.29, 1.82) is 0 Å². The molecule has 0 heterocycles. The van der Waals surface area contributed by atoms with Crippen LogP contribution in [0.25, 0.3) is 0 Å². The van der Waals surface area contributed by atoms with Gasteiger partial charge in [-0.3, -0.25) is 0 Å². The predicted molar refractivity (Wildman–Crippen MR) is 50.0 cm³/mol. The van der Waals surface area contributed by atoms with Crippen LogP contribution in [0.1, 0.15) is 5.56 Å². The zero-order valence-corrected chi connectivity index (χ0v) is 7.85. The summed E-state index contributed by atoms with van der Waals surface area (Å²) in [6.45, 7) is -0.0562. The van der Waals surface area contributed by atoms with E-state index in [1.165, 1.54) is 0 Å². The number of hydrogen-bond acceptors (Lipinski definition) is 3. The largest absolute Gasteiger partial charge is 0.456 e. The Morgan fingerprint density at radius 3 is 2.64 bits per heavy atom. The summed E-state index contributed by atoms with van der Waals surface area (Å²) >= 11 is 0. The van der Waals surface area contributed by atoms with Crippen molar-refractivity contribution in [1.82, 2.24) is 0 Å². The van der Waals surface area contributed by atoms with Crippen LogP contribution in [0.4, 0.5) is 0 Å². The van der Waals surface area contributed by atoms with E-state index >= 15 is 0 Å². The van der Waals surface area contributed by atoms with E-state index in [-0.39, 0.29) is 13.2 Å². The Balaban J connectivity index is 2.38. The number of benzene rings is 1. The second kappa shape index (κ2) is 5.36. The van der Waals surface area contributed by atoms with E-state index in [4.69, 9.17) is 9.84 Å². The van der Waals surface area contributed by atoms with E-state index in [0.29, 0.717) is 0 Å². The van der Waals surface area contributed by atoms with Gasteiger partial charge in [-0.25, -0.2) is 4.79 Å². The average molecular weight is 196 g/mol. The number of ether oxygens (including phenoxy) is 1.